The fourth-order valence-corrected chi connectivity index (χ4v) is 5.79. The molecule has 35 heavy (non-hydrogen) atoms. The van der Waals surface area contributed by atoms with Crippen molar-refractivity contribution in [3.63, 3.8) is 0 Å². The number of benzene rings is 1. The Morgan fingerprint density at radius 1 is 1.23 bits per heavy atom. The number of anilines is 1. The van der Waals surface area contributed by atoms with Crippen molar-refractivity contribution >= 4 is 23.5 Å². The predicted octanol–water partition coefficient (Wildman–Crippen LogP) is 4.51. The zero-order valence-corrected chi connectivity index (χ0v) is 20.2. The topological polar surface area (TPSA) is 76.4 Å². The molecular weight excluding hydrogens is 471 g/mol. The van der Waals surface area contributed by atoms with Crippen molar-refractivity contribution < 1.29 is 13.9 Å². The van der Waals surface area contributed by atoms with E-state index in [0.29, 0.717) is 22.8 Å². The van der Waals surface area contributed by atoms with Crippen LogP contribution in [0.4, 0.5) is 15.0 Å². The van der Waals surface area contributed by atoms with Crippen LogP contribution >= 0.6 is 11.6 Å². The van der Waals surface area contributed by atoms with Crippen LogP contribution in [0, 0.1) is 5.41 Å². The van der Waals surface area contributed by atoms with Gasteiger partial charge >= 0.3 is 6.09 Å². The molecular formula is C25H26ClFN6O2. The van der Waals surface area contributed by atoms with Gasteiger partial charge in [0.15, 0.2) is 5.82 Å². The second-order valence-corrected chi connectivity index (χ2v) is 10.4. The summed E-state index contributed by atoms with van der Waals surface area (Å²) in [5.41, 5.74) is 2.09. The van der Waals surface area contributed by atoms with Gasteiger partial charge < -0.3 is 9.64 Å². The lowest BCUT2D eigenvalue weighted by Gasteiger charge is -2.59. The first-order chi connectivity index (χ1) is 16.9. The van der Waals surface area contributed by atoms with Crippen LogP contribution in [-0.2, 0) is 17.8 Å². The summed E-state index contributed by atoms with van der Waals surface area (Å²) in [6.07, 6.45) is 2.52. The molecule has 1 aliphatic carbocycles. The number of nitrogens with zero attached hydrogens (tertiary/aromatic N) is 6. The number of hydrogen-bond acceptors (Lipinski definition) is 6. The normalized spacial score (nSPS) is 19.3. The van der Waals surface area contributed by atoms with E-state index in [1.54, 1.807) is 0 Å². The van der Waals surface area contributed by atoms with Crippen molar-refractivity contribution in [2.24, 2.45) is 5.41 Å². The number of pyridine rings is 1. The number of rotatable bonds is 4. The Labute approximate surface area is 207 Å². The smallest absolute Gasteiger partial charge is 0.410 e. The number of ether oxygens (including phenoxy) is 1. The Kier molecular flexibility index (Phi) is 5.40. The van der Waals surface area contributed by atoms with E-state index in [9.17, 15) is 9.18 Å². The molecule has 3 aliphatic rings. The highest BCUT2D eigenvalue weighted by Gasteiger charge is 2.54. The first-order valence-electron chi connectivity index (χ1n) is 11.9. The Balaban J connectivity index is 1.24. The molecule has 3 aromatic rings. The molecule has 2 aliphatic heterocycles. The highest BCUT2D eigenvalue weighted by atomic mass is 35.5. The van der Waals surface area contributed by atoms with Crippen LogP contribution in [0.1, 0.15) is 42.9 Å². The molecule has 6 rings (SSSR count). The maximum Gasteiger partial charge on any atom is 0.410 e. The molecule has 1 spiro atoms. The number of aromatic nitrogens is 4. The number of alkyl halides is 1. The number of carbonyl (C=O) groups excluding carboxylic acids is 1. The van der Waals surface area contributed by atoms with Crippen LogP contribution < -0.4 is 4.90 Å². The van der Waals surface area contributed by atoms with Crippen molar-refractivity contribution in [1.82, 2.24) is 24.6 Å². The number of amides is 1. The van der Waals surface area contributed by atoms with Crippen molar-refractivity contribution in [1.29, 1.82) is 0 Å². The van der Waals surface area contributed by atoms with Gasteiger partial charge in [0.25, 0.3) is 0 Å². The summed E-state index contributed by atoms with van der Waals surface area (Å²) in [6, 6.07) is 11.6. The fraction of sp³-hybridized carbons (Fsp3) is 0.440. The molecule has 0 bridgehead atoms. The minimum Gasteiger partial charge on any atom is -0.444 e. The number of halogens is 2. The average molecular weight is 497 g/mol. The van der Waals surface area contributed by atoms with Crippen molar-refractivity contribution in [3.8, 4) is 5.69 Å². The van der Waals surface area contributed by atoms with Gasteiger partial charge in [-0.1, -0.05) is 17.7 Å². The van der Waals surface area contributed by atoms with E-state index < -0.39 is 18.9 Å². The SMILES string of the molecule is C[C@@H](CF)OC(=O)N1Cc2cc(Cl)ccc2-n2c(nnc2C2CC3(C2)CN(c2ccccn2)C3)C1. The molecule has 10 heteroatoms. The van der Waals surface area contributed by atoms with Crippen LogP contribution in [-0.4, -0.2) is 56.6 Å². The standard InChI is InChI=1S/C25H26ClFN6O2/c1-16(11-27)35-24(34)31-12-17-8-19(26)5-6-20(17)33-22(13-31)29-30-23(33)18-9-25(10-18)14-32(15-25)21-4-2-3-7-28-21/h2-8,16,18H,9-15H2,1H3/t16-/m0/s1. The van der Waals surface area contributed by atoms with Gasteiger partial charge in [-0.2, -0.15) is 0 Å². The van der Waals surface area contributed by atoms with E-state index in [0.717, 1.165) is 48.8 Å². The molecule has 8 nitrogen and oxygen atoms in total. The fourth-order valence-electron chi connectivity index (χ4n) is 5.59. The molecule has 0 radical (unpaired) electrons. The lowest BCUT2D eigenvalue weighted by atomic mass is 9.57. The summed E-state index contributed by atoms with van der Waals surface area (Å²) >= 11 is 6.30. The molecule has 1 aromatic carbocycles. The summed E-state index contributed by atoms with van der Waals surface area (Å²) in [4.78, 5) is 21.1. The molecule has 2 fully saturated rings. The summed E-state index contributed by atoms with van der Waals surface area (Å²) in [7, 11) is 0. The minimum atomic E-state index is -0.808. The Morgan fingerprint density at radius 2 is 2.06 bits per heavy atom. The highest BCUT2D eigenvalue weighted by molar-refractivity contribution is 6.30. The molecule has 1 saturated carbocycles. The molecule has 182 valence electrons. The average Bonchev–Trinajstić information content (AvgIpc) is 3.12. The molecule has 1 saturated heterocycles. The Bertz CT molecular complexity index is 1250. The van der Waals surface area contributed by atoms with Crippen LogP contribution in [0.25, 0.3) is 5.69 Å². The van der Waals surface area contributed by atoms with Crippen LogP contribution in [0.15, 0.2) is 42.6 Å². The lowest BCUT2D eigenvalue weighted by Crippen LogP contribution is -2.62. The third-order valence-electron chi connectivity index (χ3n) is 7.26. The van der Waals surface area contributed by atoms with Crippen LogP contribution in [0.5, 0.6) is 0 Å². The molecule has 1 amide bonds. The molecule has 0 unspecified atom stereocenters. The van der Waals surface area contributed by atoms with Gasteiger partial charge in [0.2, 0.25) is 0 Å². The third-order valence-corrected chi connectivity index (χ3v) is 7.49. The van der Waals surface area contributed by atoms with E-state index in [2.05, 4.69) is 30.7 Å². The largest absolute Gasteiger partial charge is 0.444 e. The van der Waals surface area contributed by atoms with E-state index in [1.807, 2.05) is 36.5 Å². The number of hydrogen-bond donors (Lipinski definition) is 0. The maximum absolute atomic E-state index is 12.9. The highest BCUT2D eigenvalue weighted by Crippen LogP contribution is 2.56. The summed E-state index contributed by atoms with van der Waals surface area (Å²) in [5.74, 6) is 2.89. The van der Waals surface area contributed by atoms with Gasteiger partial charge in [-0.3, -0.25) is 9.47 Å². The van der Waals surface area contributed by atoms with Gasteiger partial charge in [0.05, 0.1) is 18.8 Å². The van der Waals surface area contributed by atoms with Crippen LogP contribution in [0.3, 0.4) is 0 Å². The van der Waals surface area contributed by atoms with Gasteiger partial charge in [0, 0.05) is 35.6 Å². The van der Waals surface area contributed by atoms with Crippen LogP contribution in [0.2, 0.25) is 5.02 Å². The summed E-state index contributed by atoms with van der Waals surface area (Å²) in [6.45, 7) is 3.32. The lowest BCUT2D eigenvalue weighted by molar-refractivity contribution is 0.0546. The first kappa shape index (κ1) is 22.3. The van der Waals surface area contributed by atoms with Crippen molar-refractivity contribution in [3.05, 3.63) is 64.8 Å². The Morgan fingerprint density at radius 3 is 2.80 bits per heavy atom. The monoisotopic (exact) mass is 496 g/mol. The zero-order valence-electron chi connectivity index (χ0n) is 19.4. The quantitative estimate of drug-likeness (QED) is 0.529. The van der Waals surface area contributed by atoms with Gasteiger partial charge in [-0.25, -0.2) is 14.2 Å². The molecule has 4 heterocycles. The second-order valence-electron chi connectivity index (χ2n) is 9.94. The molecule has 0 N–H and O–H groups in total. The zero-order chi connectivity index (χ0) is 24.2. The minimum absolute atomic E-state index is 0.225. The van der Waals surface area contributed by atoms with Gasteiger partial charge in [-0.15, -0.1) is 10.2 Å². The molecule has 1 atom stereocenters. The van der Waals surface area contributed by atoms with Crippen molar-refractivity contribution in [2.75, 3.05) is 24.7 Å². The van der Waals surface area contributed by atoms with Crippen molar-refractivity contribution in [2.45, 2.75) is 44.9 Å². The van der Waals surface area contributed by atoms with E-state index in [1.165, 1.54) is 11.8 Å². The maximum atomic E-state index is 12.9. The number of carbonyl (C=O) groups is 1. The third kappa shape index (κ3) is 3.91. The predicted molar refractivity (Wildman–Crippen MR) is 128 cm³/mol. The Hall–Kier alpha value is -3.20. The van der Waals surface area contributed by atoms with E-state index >= 15 is 0 Å². The van der Waals surface area contributed by atoms with E-state index in [4.69, 9.17) is 16.3 Å². The summed E-state index contributed by atoms with van der Waals surface area (Å²) < 4.78 is 20.3. The second kappa shape index (κ2) is 8.48. The van der Waals surface area contributed by atoms with Gasteiger partial charge in [-0.05, 0) is 55.7 Å². The summed E-state index contributed by atoms with van der Waals surface area (Å²) in [5, 5.41) is 9.62. The number of fused-ring (bicyclic) bond motifs is 3. The first-order valence-corrected chi connectivity index (χ1v) is 12.2. The molecule has 2 aromatic heterocycles. The van der Waals surface area contributed by atoms with Gasteiger partial charge in [0.1, 0.15) is 24.4 Å². The van der Waals surface area contributed by atoms with E-state index in [-0.39, 0.29) is 12.5 Å².